The first kappa shape index (κ1) is 16.7. The number of piperidine rings is 1. The molecule has 116 valence electrons. The second kappa shape index (κ2) is 5.93. The number of halogens is 2. The molecule has 1 rings (SSSR count). The number of hydrogen-bond donors (Lipinski definition) is 1. The second-order valence-electron chi connectivity index (χ2n) is 6.19. The van der Waals surface area contributed by atoms with E-state index in [2.05, 4.69) is 0 Å². The minimum atomic E-state index is -2.72. The Kier molecular flexibility index (Phi) is 4.94. The first-order valence-corrected chi connectivity index (χ1v) is 6.55. The Hall–Kier alpha value is -1.40. The summed E-state index contributed by atoms with van der Waals surface area (Å²) in [5.74, 6) is -1.29. The fraction of sp³-hybridized carbons (Fsp3) is 0.846. The highest BCUT2D eigenvalue weighted by Crippen LogP contribution is 2.36. The van der Waals surface area contributed by atoms with E-state index in [4.69, 9.17) is 4.74 Å². The van der Waals surface area contributed by atoms with Gasteiger partial charge < -0.3 is 14.7 Å². The average Bonchev–Trinajstić information content (AvgIpc) is 2.25. The SMILES string of the molecule is CC(C)(C)OC(=O)N1CCCC(CC(F)F)(C(=O)O)C1. The van der Waals surface area contributed by atoms with Crippen LogP contribution in [-0.2, 0) is 9.53 Å². The van der Waals surface area contributed by atoms with Crippen LogP contribution in [0.5, 0.6) is 0 Å². The lowest BCUT2D eigenvalue weighted by atomic mass is 9.77. The monoisotopic (exact) mass is 293 g/mol. The molecule has 1 amide bonds. The minimum absolute atomic E-state index is 0.145. The maximum Gasteiger partial charge on any atom is 0.410 e. The first-order valence-electron chi connectivity index (χ1n) is 6.55. The number of alkyl halides is 2. The lowest BCUT2D eigenvalue weighted by Gasteiger charge is -2.40. The molecule has 5 nitrogen and oxygen atoms in total. The van der Waals surface area contributed by atoms with Crippen molar-refractivity contribution in [2.45, 2.75) is 52.1 Å². The van der Waals surface area contributed by atoms with Gasteiger partial charge in [-0.1, -0.05) is 0 Å². The van der Waals surface area contributed by atoms with E-state index >= 15 is 0 Å². The van der Waals surface area contributed by atoms with E-state index < -0.39 is 35.9 Å². The summed E-state index contributed by atoms with van der Waals surface area (Å²) in [4.78, 5) is 24.5. The maximum atomic E-state index is 12.6. The molecule has 1 aliphatic rings. The average molecular weight is 293 g/mol. The highest BCUT2D eigenvalue weighted by Gasteiger charge is 2.46. The zero-order valence-corrected chi connectivity index (χ0v) is 12.0. The molecule has 0 aromatic heterocycles. The molecule has 7 heteroatoms. The standard InChI is InChI=1S/C13H21F2NO4/c1-12(2,3)20-11(19)16-6-4-5-13(8-16,10(17)18)7-9(14)15/h9H,4-8H2,1-3H3,(H,17,18). The molecule has 0 aliphatic carbocycles. The van der Waals surface area contributed by atoms with E-state index in [0.29, 0.717) is 13.0 Å². The molecule has 0 bridgehead atoms. The number of carbonyl (C=O) groups excluding carboxylic acids is 1. The molecule has 0 radical (unpaired) electrons. The van der Waals surface area contributed by atoms with Crippen molar-refractivity contribution in [3.8, 4) is 0 Å². The van der Waals surface area contributed by atoms with Gasteiger partial charge in [-0.05, 0) is 33.6 Å². The lowest BCUT2D eigenvalue weighted by Crippen LogP contribution is -2.51. The summed E-state index contributed by atoms with van der Waals surface area (Å²) >= 11 is 0. The Morgan fingerprint density at radius 3 is 2.45 bits per heavy atom. The number of aliphatic carboxylic acids is 1. The van der Waals surface area contributed by atoms with Gasteiger partial charge in [-0.25, -0.2) is 13.6 Å². The minimum Gasteiger partial charge on any atom is -0.481 e. The number of carboxylic acid groups (broad SMARTS) is 1. The Labute approximate surface area is 116 Å². The normalized spacial score (nSPS) is 23.8. The van der Waals surface area contributed by atoms with E-state index in [-0.39, 0.29) is 13.0 Å². The summed E-state index contributed by atoms with van der Waals surface area (Å²) in [5, 5.41) is 9.26. The topological polar surface area (TPSA) is 66.8 Å². The number of rotatable bonds is 3. The van der Waals surface area contributed by atoms with E-state index in [0.717, 1.165) is 0 Å². The van der Waals surface area contributed by atoms with Crippen LogP contribution < -0.4 is 0 Å². The molecule has 1 N–H and O–H groups in total. The number of carbonyl (C=O) groups is 2. The smallest absolute Gasteiger partial charge is 0.410 e. The fourth-order valence-electron chi connectivity index (χ4n) is 2.34. The number of ether oxygens (including phenoxy) is 1. The number of likely N-dealkylation sites (tertiary alicyclic amines) is 1. The Balaban J connectivity index is 2.82. The number of nitrogens with zero attached hydrogens (tertiary/aromatic N) is 1. The third kappa shape index (κ3) is 4.31. The van der Waals surface area contributed by atoms with E-state index in [1.54, 1.807) is 20.8 Å². The van der Waals surface area contributed by atoms with Crippen molar-refractivity contribution in [3.05, 3.63) is 0 Å². The van der Waals surface area contributed by atoms with Crippen LogP contribution in [0.3, 0.4) is 0 Å². The molecule has 0 spiro atoms. The van der Waals surface area contributed by atoms with Gasteiger partial charge in [0.25, 0.3) is 0 Å². The van der Waals surface area contributed by atoms with Gasteiger partial charge in [0.05, 0.1) is 5.41 Å². The van der Waals surface area contributed by atoms with Crippen molar-refractivity contribution in [2.24, 2.45) is 5.41 Å². The first-order chi connectivity index (χ1) is 9.06. The fourth-order valence-corrected chi connectivity index (χ4v) is 2.34. The Morgan fingerprint density at radius 2 is 2.00 bits per heavy atom. The molecular formula is C13H21F2NO4. The summed E-state index contributed by atoms with van der Waals surface area (Å²) in [6, 6.07) is 0. The van der Waals surface area contributed by atoms with Crippen molar-refractivity contribution < 1.29 is 28.2 Å². The number of carboxylic acids is 1. The van der Waals surface area contributed by atoms with Crippen LogP contribution in [0.4, 0.5) is 13.6 Å². The summed E-state index contributed by atoms with van der Waals surface area (Å²) < 4.78 is 30.4. The molecule has 1 aliphatic heterocycles. The summed E-state index contributed by atoms with van der Waals surface area (Å²) in [7, 11) is 0. The Morgan fingerprint density at radius 1 is 1.40 bits per heavy atom. The second-order valence-corrected chi connectivity index (χ2v) is 6.19. The van der Waals surface area contributed by atoms with Gasteiger partial charge in [-0.3, -0.25) is 4.79 Å². The van der Waals surface area contributed by atoms with Crippen molar-refractivity contribution in [3.63, 3.8) is 0 Å². The van der Waals surface area contributed by atoms with Crippen LogP contribution in [0.1, 0.15) is 40.0 Å². The van der Waals surface area contributed by atoms with Crippen molar-refractivity contribution in [1.82, 2.24) is 4.90 Å². The van der Waals surface area contributed by atoms with Gasteiger partial charge in [-0.2, -0.15) is 0 Å². The van der Waals surface area contributed by atoms with Gasteiger partial charge in [0, 0.05) is 19.5 Å². The molecule has 1 fully saturated rings. The third-order valence-electron chi connectivity index (χ3n) is 3.23. The number of amides is 1. The molecule has 0 saturated carbocycles. The van der Waals surface area contributed by atoms with Crippen molar-refractivity contribution in [2.75, 3.05) is 13.1 Å². The molecule has 1 atom stereocenters. The van der Waals surface area contributed by atoms with Crippen LogP contribution in [0.15, 0.2) is 0 Å². The quantitative estimate of drug-likeness (QED) is 0.869. The largest absolute Gasteiger partial charge is 0.481 e. The third-order valence-corrected chi connectivity index (χ3v) is 3.23. The van der Waals surface area contributed by atoms with Crippen LogP contribution in [0, 0.1) is 5.41 Å². The molecule has 20 heavy (non-hydrogen) atoms. The highest BCUT2D eigenvalue weighted by atomic mass is 19.3. The molecule has 1 saturated heterocycles. The molecule has 0 aromatic carbocycles. The maximum absolute atomic E-state index is 12.6. The van der Waals surface area contributed by atoms with Gasteiger partial charge in [-0.15, -0.1) is 0 Å². The van der Waals surface area contributed by atoms with Gasteiger partial charge >= 0.3 is 12.1 Å². The van der Waals surface area contributed by atoms with Crippen LogP contribution in [0.25, 0.3) is 0 Å². The van der Waals surface area contributed by atoms with E-state index in [1.807, 2.05) is 0 Å². The predicted molar refractivity (Wildman–Crippen MR) is 67.7 cm³/mol. The van der Waals surface area contributed by atoms with Gasteiger partial charge in [0.1, 0.15) is 5.60 Å². The zero-order valence-electron chi connectivity index (χ0n) is 12.0. The molecule has 1 unspecified atom stereocenters. The van der Waals surface area contributed by atoms with E-state index in [1.165, 1.54) is 4.90 Å². The number of hydrogen-bond acceptors (Lipinski definition) is 3. The molecule has 0 aromatic rings. The van der Waals surface area contributed by atoms with Crippen LogP contribution in [0.2, 0.25) is 0 Å². The lowest BCUT2D eigenvalue weighted by molar-refractivity contribution is -0.155. The van der Waals surface area contributed by atoms with Gasteiger partial charge in [0.15, 0.2) is 0 Å². The molecular weight excluding hydrogens is 272 g/mol. The predicted octanol–water partition coefficient (Wildman–Crippen LogP) is 2.74. The van der Waals surface area contributed by atoms with E-state index in [9.17, 15) is 23.5 Å². The van der Waals surface area contributed by atoms with Gasteiger partial charge in [0.2, 0.25) is 6.43 Å². The Bertz CT molecular complexity index is 381. The van der Waals surface area contributed by atoms with Crippen LogP contribution in [-0.4, -0.2) is 47.2 Å². The molecule has 1 heterocycles. The zero-order chi connectivity index (χ0) is 15.6. The summed E-state index contributed by atoms with van der Waals surface area (Å²) in [6.45, 7) is 5.17. The van der Waals surface area contributed by atoms with Crippen LogP contribution >= 0.6 is 0 Å². The highest BCUT2D eigenvalue weighted by molar-refractivity contribution is 5.77. The van der Waals surface area contributed by atoms with Crippen molar-refractivity contribution in [1.29, 1.82) is 0 Å². The summed E-state index contributed by atoms with van der Waals surface area (Å²) in [6.07, 6.45) is -3.60. The summed E-state index contributed by atoms with van der Waals surface area (Å²) in [5.41, 5.74) is -2.29. The van der Waals surface area contributed by atoms with Crippen molar-refractivity contribution >= 4 is 12.1 Å².